The summed E-state index contributed by atoms with van der Waals surface area (Å²) >= 11 is 0. The van der Waals surface area contributed by atoms with E-state index in [1.807, 2.05) is 6.92 Å². The Labute approximate surface area is 99.9 Å². The van der Waals surface area contributed by atoms with Crippen LogP contribution in [0.2, 0.25) is 0 Å². The highest BCUT2D eigenvalue weighted by Crippen LogP contribution is 2.18. The second-order valence-corrected chi connectivity index (χ2v) is 5.06. The summed E-state index contributed by atoms with van der Waals surface area (Å²) < 4.78 is 11.3. The fourth-order valence-electron chi connectivity index (χ4n) is 2.05. The van der Waals surface area contributed by atoms with E-state index in [0.29, 0.717) is 24.2 Å². The Morgan fingerprint density at radius 2 is 2.12 bits per heavy atom. The van der Waals surface area contributed by atoms with Crippen LogP contribution in [0.25, 0.3) is 0 Å². The lowest BCUT2D eigenvalue weighted by molar-refractivity contribution is 0.0469. The van der Waals surface area contributed by atoms with Crippen LogP contribution >= 0.6 is 0 Å². The van der Waals surface area contributed by atoms with Crippen molar-refractivity contribution in [2.75, 3.05) is 19.8 Å². The van der Waals surface area contributed by atoms with Gasteiger partial charge in [-0.15, -0.1) is 0 Å². The van der Waals surface area contributed by atoms with Crippen LogP contribution in [-0.2, 0) is 9.47 Å². The Bertz CT molecular complexity index is 185. The number of rotatable bonds is 7. The van der Waals surface area contributed by atoms with Gasteiger partial charge in [-0.3, -0.25) is 0 Å². The molecule has 0 aromatic heterocycles. The quantitative estimate of drug-likeness (QED) is 0.726. The maximum absolute atomic E-state index is 5.79. The van der Waals surface area contributed by atoms with Crippen molar-refractivity contribution in [2.24, 2.45) is 5.92 Å². The SMILES string of the molecule is CCOC[C@H](NC[C@@H]1CC[C@@H](C)O1)C(C)C. The smallest absolute Gasteiger partial charge is 0.0704 e. The maximum atomic E-state index is 5.79. The Balaban J connectivity index is 2.21. The minimum Gasteiger partial charge on any atom is -0.380 e. The molecule has 1 fully saturated rings. The third kappa shape index (κ3) is 4.81. The fraction of sp³-hybridized carbons (Fsp3) is 1.00. The molecule has 1 aliphatic rings. The zero-order valence-corrected chi connectivity index (χ0v) is 11.2. The molecular weight excluding hydrogens is 202 g/mol. The molecule has 96 valence electrons. The van der Waals surface area contributed by atoms with Crippen LogP contribution in [0.1, 0.15) is 40.5 Å². The third-order valence-electron chi connectivity index (χ3n) is 3.23. The molecule has 0 spiro atoms. The van der Waals surface area contributed by atoms with Gasteiger partial charge in [-0.2, -0.15) is 0 Å². The summed E-state index contributed by atoms with van der Waals surface area (Å²) in [6.07, 6.45) is 3.23. The average molecular weight is 229 g/mol. The maximum Gasteiger partial charge on any atom is 0.0704 e. The summed E-state index contributed by atoms with van der Waals surface area (Å²) in [5.74, 6) is 0.602. The molecule has 0 bridgehead atoms. The molecule has 3 nitrogen and oxygen atoms in total. The highest BCUT2D eigenvalue weighted by Gasteiger charge is 2.23. The topological polar surface area (TPSA) is 30.5 Å². The Morgan fingerprint density at radius 1 is 1.38 bits per heavy atom. The van der Waals surface area contributed by atoms with Gasteiger partial charge in [-0.05, 0) is 32.6 Å². The van der Waals surface area contributed by atoms with E-state index in [0.717, 1.165) is 19.8 Å². The van der Waals surface area contributed by atoms with Gasteiger partial charge in [0.05, 0.1) is 18.8 Å². The Hall–Kier alpha value is -0.120. The average Bonchev–Trinajstić information content (AvgIpc) is 2.64. The number of nitrogens with one attached hydrogen (secondary N) is 1. The normalized spacial score (nSPS) is 27.6. The highest BCUT2D eigenvalue weighted by atomic mass is 16.5. The Morgan fingerprint density at radius 3 is 2.62 bits per heavy atom. The van der Waals surface area contributed by atoms with Crippen molar-refractivity contribution in [3.05, 3.63) is 0 Å². The van der Waals surface area contributed by atoms with Crippen molar-refractivity contribution in [1.29, 1.82) is 0 Å². The van der Waals surface area contributed by atoms with E-state index in [4.69, 9.17) is 9.47 Å². The zero-order valence-electron chi connectivity index (χ0n) is 11.2. The summed E-state index contributed by atoms with van der Waals surface area (Å²) in [6.45, 7) is 11.2. The molecule has 0 aliphatic carbocycles. The van der Waals surface area contributed by atoms with Crippen molar-refractivity contribution >= 4 is 0 Å². The molecule has 16 heavy (non-hydrogen) atoms. The van der Waals surface area contributed by atoms with Crippen LogP contribution in [0.5, 0.6) is 0 Å². The molecule has 3 atom stereocenters. The van der Waals surface area contributed by atoms with Gasteiger partial charge in [0.2, 0.25) is 0 Å². The van der Waals surface area contributed by atoms with Crippen LogP contribution < -0.4 is 5.32 Å². The van der Waals surface area contributed by atoms with Gasteiger partial charge in [0.1, 0.15) is 0 Å². The predicted molar refractivity (Wildman–Crippen MR) is 66.7 cm³/mol. The fourth-order valence-corrected chi connectivity index (χ4v) is 2.05. The van der Waals surface area contributed by atoms with E-state index >= 15 is 0 Å². The predicted octanol–water partition coefficient (Wildman–Crippen LogP) is 2.20. The van der Waals surface area contributed by atoms with E-state index < -0.39 is 0 Å². The van der Waals surface area contributed by atoms with E-state index in [1.165, 1.54) is 12.8 Å². The molecule has 0 unspecified atom stereocenters. The third-order valence-corrected chi connectivity index (χ3v) is 3.23. The molecule has 0 aromatic rings. The number of hydrogen-bond donors (Lipinski definition) is 1. The van der Waals surface area contributed by atoms with Crippen LogP contribution in [0, 0.1) is 5.92 Å². The monoisotopic (exact) mass is 229 g/mol. The van der Waals surface area contributed by atoms with E-state index in [9.17, 15) is 0 Å². The molecule has 1 heterocycles. The number of ether oxygens (including phenoxy) is 2. The molecule has 1 rings (SSSR count). The summed E-state index contributed by atoms with van der Waals surface area (Å²) in [4.78, 5) is 0. The van der Waals surface area contributed by atoms with Crippen LogP contribution in [-0.4, -0.2) is 38.0 Å². The van der Waals surface area contributed by atoms with E-state index in [2.05, 4.69) is 26.1 Å². The summed E-state index contributed by atoms with van der Waals surface area (Å²) in [5.41, 5.74) is 0. The van der Waals surface area contributed by atoms with Gasteiger partial charge in [-0.1, -0.05) is 13.8 Å². The lowest BCUT2D eigenvalue weighted by atomic mass is 10.1. The first-order valence-electron chi connectivity index (χ1n) is 6.60. The lowest BCUT2D eigenvalue weighted by Crippen LogP contribution is -2.42. The Kier molecular flexibility index (Phi) is 6.32. The molecule has 0 saturated carbocycles. The summed E-state index contributed by atoms with van der Waals surface area (Å²) in [5, 5.41) is 3.57. The second-order valence-electron chi connectivity index (χ2n) is 5.06. The van der Waals surface area contributed by atoms with Crippen molar-refractivity contribution < 1.29 is 9.47 Å². The molecule has 1 N–H and O–H groups in total. The molecule has 0 aromatic carbocycles. The van der Waals surface area contributed by atoms with Crippen LogP contribution in [0.15, 0.2) is 0 Å². The van der Waals surface area contributed by atoms with Gasteiger partial charge in [0.25, 0.3) is 0 Å². The van der Waals surface area contributed by atoms with Crippen LogP contribution in [0.3, 0.4) is 0 Å². The summed E-state index contributed by atoms with van der Waals surface area (Å²) in [7, 11) is 0. The van der Waals surface area contributed by atoms with Gasteiger partial charge in [-0.25, -0.2) is 0 Å². The minimum absolute atomic E-state index is 0.401. The minimum atomic E-state index is 0.401. The first-order valence-corrected chi connectivity index (χ1v) is 6.60. The molecule has 0 radical (unpaired) electrons. The highest BCUT2D eigenvalue weighted by molar-refractivity contribution is 4.77. The summed E-state index contributed by atoms with van der Waals surface area (Å²) in [6, 6.07) is 0.444. The molecule has 1 aliphatic heterocycles. The van der Waals surface area contributed by atoms with Gasteiger partial charge < -0.3 is 14.8 Å². The van der Waals surface area contributed by atoms with E-state index in [-0.39, 0.29) is 0 Å². The number of hydrogen-bond acceptors (Lipinski definition) is 3. The molecule has 3 heteroatoms. The van der Waals surface area contributed by atoms with Crippen molar-refractivity contribution in [1.82, 2.24) is 5.32 Å². The van der Waals surface area contributed by atoms with E-state index in [1.54, 1.807) is 0 Å². The molecule has 1 saturated heterocycles. The van der Waals surface area contributed by atoms with Crippen molar-refractivity contribution in [2.45, 2.75) is 58.8 Å². The molecular formula is C13H27NO2. The largest absolute Gasteiger partial charge is 0.380 e. The van der Waals surface area contributed by atoms with Crippen molar-refractivity contribution in [3.63, 3.8) is 0 Å². The second kappa shape index (κ2) is 7.25. The first kappa shape index (κ1) is 13.9. The van der Waals surface area contributed by atoms with Gasteiger partial charge >= 0.3 is 0 Å². The zero-order chi connectivity index (χ0) is 12.0. The van der Waals surface area contributed by atoms with Gasteiger partial charge in [0.15, 0.2) is 0 Å². The molecule has 0 amide bonds. The standard InChI is InChI=1S/C13H27NO2/c1-5-15-9-13(10(2)3)14-8-12-7-6-11(4)16-12/h10-14H,5-9H2,1-4H3/t11-,12+,13+/m1/s1. The van der Waals surface area contributed by atoms with Gasteiger partial charge in [0, 0.05) is 19.2 Å². The lowest BCUT2D eigenvalue weighted by Gasteiger charge is -2.24. The van der Waals surface area contributed by atoms with Crippen LogP contribution in [0.4, 0.5) is 0 Å². The first-order chi connectivity index (χ1) is 7.63. The van der Waals surface area contributed by atoms with Crippen molar-refractivity contribution in [3.8, 4) is 0 Å².